The van der Waals surface area contributed by atoms with Gasteiger partial charge in [-0.1, -0.05) is 284 Å². The van der Waals surface area contributed by atoms with Crippen molar-refractivity contribution in [2.45, 2.75) is 302 Å². The average molecular weight is 1120 g/mol. The fraction of sp³-hybridized carbons (Fsp3) is 0.739. The first kappa shape index (κ1) is 75.9. The Bertz CT molecular complexity index is 1610. The molecule has 0 aliphatic rings. The van der Waals surface area contributed by atoms with Crippen molar-refractivity contribution < 1.29 is 37.6 Å². The minimum absolute atomic E-state index is 0.0509. The van der Waals surface area contributed by atoms with Crippen LogP contribution < -0.4 is 5.73 Å². The van der Waals surface area contributed by atoms with E-state index in [-0.39, 0.29) is 38.6 Å². The SMILES string of the molecule is CC/C=C\C/C=C\C/C=C\C/C=C\C/C=C\C/C=C\CCCCCCCCCCCCCCCCCCCCCCCCC(=O)OC(COC(=O)CCCCCCCCC/C=C\C/C=C\CCCCC)COP(=O)(O)OCCN. The van der Waals surface area contributed by atoms with E-state index in [1.54, 1.807) is 0 Å². The average Bonchev–Trinajstić information content (AvgIpc) is 3.44. The third-order valence-corrected chi connectivity index (χ3v) is 14.9. The number of phosphoric ester groups is 1. The molecular weight excluding hydrogens is 1000 g/mol. The molecule has 2 unspecified atom stereocenters. The highest BCUT2D eigenvalue weighted by Gasteiger charge is 2.26. The van der Waals surface area contributed by atoms with Crippen LogP contribution in [-0.2, 0) is 32.7 Å². The summed E-state index contributed by atoms with van der Waals surface area (Å²) in [7, 11) is -4.39. The summed E-state index contributed by atoms with van der Waals surface area (Å²) in [6, 6.07) is 0. The van der Waals surface area contributed by atoms with E-state index in [0.29, 0.717) is 6.42 Å². The molecule has 0 aromatic carbocycles. The van der Waals surface area contributed by atoms with Crippen LogP contribution in [0.25, 0.3) is 0 Å². The Kier molecular flexibility index (Phi) is 61.6. The van der Waals surface area contributed by atoms with Crippen molar-refractivity contribution in [2.24, 2.45) is 5.73 Å². The second-order valence-corrected chi connectivity index (χ2v) is 23.1. The summed E-state index contributed by atoms with van der Waals surface area (Å²) in [6.45, 7) is 3.62. The van der Waals surface area contributed by atoms with E-state index >= 15 is 0 Å². The van der Waals surface area contributed by atoms with E-state index in [4.69, 9.17) is 24.3 Å². The zero-order valence-corrected chi connectivity index (χ0v) is 52.0. The van der Waals surface area contributed by atoms with Gasteiger partial charge < -0.3 is 20.1 Å². The Balaban J connectivity index is 3.80. The summed E-state index contributed by atoms with van der Waals surface area (Å²) in [5.74, 6) is -0.828. The number of phosphoric acid groups is 1. The van der Waals surface area contributed by atoms with Gasteiger partial charge in [0.15, 0.2) is 6.10 Å². The molecule has 456 valence electrons. The number of carbonyl (C=O) groups is 2. The third-order valence-electron chi connectivity index (χ3n) is 14.0. The number of hydrogen-bond donors (Lipinski definition) is 2. The molecule has 0 radical (unpaired) electrons. The number of nitrogens with two attached hydrogens (primary N) is 1. The molecule has 0 bridgehead atoms. The normalized spacial score (nSPS) is 13.6. The maximum atomic E-state index is 12.7. The lowest BCUT2D eigenvalue weighted by atomic mass is 10.0. The summed E-state index contributed by atoms with van der Waals surface area (Å²) < 4.78 is 33.1. The summed E-state index contributed by atoms with van der Waals surface area (Å²) in [6.07, 6.45) is 86.4. The van der Waals surface area contributed by atoms with Crippen LogP contribution in [0.5, 0.6) is 0 Å². The van der Waals surface area contributed by atoms with Crippen LogP contribution in [0.1, 0.15) is 296 Å². The van der Waals surface area contributed by atoms with Crippen molar-refractivity contribution in [3.8, 4) is 0 Å². The second-order valence-electron chi connectivity index (χ2n) is 21.6. The Morgan fingerprint density at radius 2 is 0.696 bits per heavy atom. The van der Waals surface area contributed by atoms with Crippen molar-refractivity contribution >= 4 is 19.8 Å². The summed E-state index contributed by atoms with van der Waals surface area (Å²) in [4.78, 5) is 35.2. The maximum Gasteiger partial charge on any atom is 0.472 e. The van der Waals surface area contributed by atoms with Crippen LogP contribution in [0.15, 0.2) is 97.2 Å². The Morgan fingerprint density at radius 1 is 0.392 bits per heavy atom. The zero-order valence-electron chi connectivity index (χ0n) is 51.1. The van der Waals surface area contributed by atoms with Crippen molar-refractivity contribution in [1.82, 2.24) is 0 Å². The molecule has 0 heterocycles. The first-order valence-electron chi connectivity index (χ1n) is 32.7. The second kappa shape index (κ2) is 64.1. The molecule has 0 aliphatic heterocycles. The highest BCUT2D eigenvalue weighted by atomic mass is 31.2. The van der Waals surface area contributed by atoms with Gasteiger partial charge in [-0.2, -0.15) is 0 Å². The summed E-state index contributed by atoms with van der Waals surface area (Å²) in [5, 5.41) is 0. The van der Waals surface area contributed by atoms with E-state index in [9.17, 15) is 19.0 Å². The number of allylic oxidation sites excluding steroid dienone is 16. The maximum absolute atomic E-state index is 12.7. The zero-order chi connectivity index (χ0) is 57.3. The van der Waals surface area contributed by atoms with Crippen LogP contribution in [0.4, 0.5) is 0 Å². The van der Waals surface area contributed by atoms with Gasteiger partial charge in [0.05, 0.1) is 13.2 Å². The van der Waals surface area contributed by atoms with Crippen molar-refractivity contribution in [3.63, 3.8) is 0 Å². The Hall–Kier alpha value is -3.07. The molecular formula is C69H122NO8P. The minimum atomic E-state index is -4.39. The molecule has 0 saturated heterocycles. The molecule has 0 aliphatic carbocycles. The van der Waals surface area contributed by atoms with Crippen molar-refractivity contribution in [2.75, 3.05) is 26.4 Å². The molecule has 0 saturated carbocycles. The highest BCUT2D eigenvalue weighted by molar-refractivity contribution is 7.47. The number of rotatable bonds is 61. The predicted octanol–water partition coefficient (Wildman–Crippen LogP) is 21.2. The van der Waals surface area contributed by atoms with Crippen LogP contribution in [0.2, 0.25) is 0 Å². The molecule has 0 amide bonds. The van der Waals surface area contributed by atoms with Crippen LogP contribution in [0.3, 0.4) is 0 Å². The smallest absolute Gasteiger partial charge is 0.462 e. The molecule has 0 fully saturated rings. The van der Waals surface area contributed by atoms with Gasteiger partial charge in [-0.3, -0.25) is 18.6 Å². The predicted molar refractivity (Wildman–Crippen MR) is 339 cm³/mol. The molecule has 0 aromatic heterocycles. The van der Waals surface area contributed by atoms with Gasteiger partial charge in [0, 0.05) is 19.4 Å². The minimum Gasteiger partial charge on any atom is -0.462 e. The standard InChI is InChI=1S/C69H122NO8P/c1-3-5-7-9-11-13-15-17-19-21-22-23-24-25-26-27-28-29-30-31-32-33-34-35-36-37-38-39-40-41-42-43-44-46-48-50-52-54-56-58-60-62-69(72)78-67(66-77-79(73,74)76-64-63-70)65-75-68(71)61-59-57-55-53-51-49-47-45-20-18-16-14-12-10-8-6-4-2/h5,7,11-14,17-20,22-23,25-26,28-29,67H,3-4,6,8-10,15-16,21,24,27,30-66,70H2,1-2H3,(H,73,74)/b7-5-,13-11-,14-12-,19-17-,20-18-,23-22-,26-25-,29-28-. The van der Waals surface area contributed by atoms with Crippen LogP contribution >= 0.6 is 7.82 Å². The monoisotopic (exact) mass is 1120 g/mol. The van der Waals surface area contributed by atoms with Gasteiger partial charge in [-0.25, -0.2) is 4.57 Å². The molecule has 0 rings (SSSR count). The summed E-state index contributed by atoms with van der Waals surface area (Å²) >= 11 is 0. The Morgan fingerprint density at radius 3 is 1.04 bits per heavy atom. The van der Waals surface area contributed by atoms with E-state index in [1.807, 2.05) is 0 Å². The lowest BCUT2D eigenvalue weighted by Crippen LogP contribution is -2.29. The lowest BCUT2D eigenvalue weighted by Gasteiger charge is -2.19. The number of hydrogen-bond acceptors (Lipinski definition) is 8. The van der Waals surface area contributed by atoms with Crippen LogP contribution in [-0.4, -0.2) is 49.3 Å². The van der Waals surface area contributed by atoms with Gasteiger partial charge in [0.2, 0.25) is 0 Å². The van der Waals surface area contributed by atoms with Gasteiger partial charge in [-0.15, -0.1) is 0 Å². The summed E-state index contributed by atoms with van der Waals surface area (Å²) in [5.41, 5.74) is 5.39. The fourth-order valence-electron chi connectivity index (χ4n) is 9.14. The lowest BCUT2D eigenvalue weighted by molar-refractivity contribution is -0.161. The third kappa shape index (κ3) is 64.0. The number of carbonyl (C=O) groups excluding carboxylic acids is 2. The molecule has 9 nitrogen and oxygen atoms in total. The first-order chi connectivity index (χ1) is 38.8. The quantitative estimate of drug-likeness (QED) is 0.0264. The van der Waals surface area contributed by atoms with Gasteiger partial charge in [0.1, 0.15) is 6.61 Å². The van der Waals surface area contributed by atoms with E-state index in [1.165, 1.54) is 167 Å². The van der Waals surface area contributed by atoms with E-state index in [0.717, 1.165) is 96.3 Å². The molecule has 2 atom stereocenters. The molecule has 0 spiro atoms. The van der Waals surface area contributed by atoms with Crippen molar-refractivity contribution in [3.05, 3.63) is 97.2 Å². The van der Waals surface area contributed by atoms with Crippen molar-refractivity contribution in [1.29, 1.82) is 0 Å². The Labute approximate surface area is 486 Å². The number of ether oxygens (including phenoxy) is 2. The molecule has 79 heavy (non-hydrogen) atoms. The van der Waals surface area contributed by atoms with E-state index < -0.39 is 26.5 Å². The van der Waals surface area contributed by atoms with Gasteiger partial charge >= 0.3 is 19.8 Å². The van der Waals surface area contributed by atoms with Crippen LogP contribution in [0, 0.1) is 0 Å². The number of unbranched alkanes of at least 4 members (excludes halogenated alkanes) is 32. The highest BCUT2D eigenvalue weighted by Crippen LogP contribution is 2.43. The first-order valence-corrected chi connectivity index (χ1v) is 34.2. The van der Waals surface area contributed by atoms with E-state index in [2.05, 4.69) is 111 Å². The largest absolute Gasteiger partial charge is 0.472 e. The fourth-order valence-corrected chi connectivity index (χ4v) is 9.91. The molecule has 10 heteroatoms. The number of esters is 2. The topological polar surface area (TPSA) is 134 Å². The molecule has 3 N–H and O–H groups in total. The van der Waals surface area contributed by atoms with Gasteiger partial charge in [0.25, 0.3) is 0 Å². The van der Waals surface area contributed by atoms with Gasteiger partial charge in [-0.05, 0) is 96.3 Å². The molecule has 0 aromatic rings.